The summed E-state index contributed by atoms with van der Waals surface area (Å²) in [6.45, 7) is 3.61. The Morgan fingerprint density at radius 3 is 2.40 bits per heavy atom. The molecule has 1 rings (SSSR count). The topological polar surface area (TPSA) is 26.3 Å². The number of hydrogen-bond donors (Lipinski definition) is 0. The summed E-state index contributed by atoms with van der Waals surface area (Å²) >= 11 is 0. The Hall–Kier alpha value is -2.04. The standard InChI is InChI=1S/C15H15F3O2/c1-3-11(10-14(19)8-9-20-2)12-4-6-13(7-5-12)15(16,17)18/h3-9,11H,1,10H2,2H3/b9-8+/t11-/m0/s1. The third-order valence-electron chi connectivity index (χ3n) is 2.76. The molecular formula is C15H15F3O2. The lowest BCUT2D eigenvalue weighted by atomic mass is 9.93. The van der Waals surface area contributed by atoms with Crippen LogP contribution in [-0.2, 0) is 15.7 Å². The first kappa shape index (κ1) is 16.0. The van der Waals surface area contributed by atoms with Gasteiger partial charge in [-0.2, -0.15) is 13.2 Å². The molecule has 1 atom stereocenters. The molecule has 0 fully saturated rings. The summed E-state index contributed by atoms with van der Waals surface area (Å²) in [4.78, 5) is 11.6. The normalized spacial score (nSPS) is 13.2. The van der Waals surface area contributed by atoms with Crippen molar-refractivity contribution in [3.05, 3.63) is 60.4 Å². The molecule has 1 aromatic carbocycles. The fourth-order valence-electron chi connectivity index (χ4n) is 1.69. The zero-order valence-corrected chi connectivity index (χ0v) is 11.0. The lowest BCUT2D eigenvalue weighted by Crippen LogP contribution is -2.06. The summed E-state index contributed by atoms with van der Waals surface area (Å²) in [5.74, 6) is -0.511. The van der Waals surface area contributed by atoms with Gasteiger partial charge in [0.05, 0.1) is 18.9 Å². The Balaban J connectivity index is 2.83. The largest absolute Gasteiger partial charge is 0.504 e. The number of carbonyl (C=O) groups excluding carboxylic acids is 1. The van der Waals surface area contributed by atoms with Gasteiger partial charge in [0.1, 0.15) is 0 Å². The Kier molecular flexibility index (Phi) is 5.55. The number of ether oxygens (including phenoxy) is 1. The monoisotopic (exact) mass is 284 g/mol. The number of hydrogen-bond acceptors (Lipinski definition) is 2. The molecule has 0 heterocycles. The fraction of sp³-hybridized carbons (Fsp3) is 0.267. The smallest absolute Gasteiger partial charge is 0.416 e. The number of halogens is 3. The molecular weight excluding hydrogens is 269 g/mol. The number of rotatable bonds is 6. The Labute approximate surface area is 115 Å². The van der Waals surface area contributed by atoms with Gasteiger partial charge in [-0.3, -0.25) is 4.79 Å². The highest BCUT2D eigenvalue weighted by atomic mass is 19.4. The van der Waals surface area contributed by atoms with Crippen molar-refractivity contribution < 1.29 is 22.7 Å². The van der Waals surface area contributed by atoms with E-state index in [2.05, 4.69) is 11.3 Å². The van der Waals surface area contributed by atoms with Crippen LogP contribution in [0.25, 0.3) is 0 Å². The number of ketones is 1. The molecule has 0 spiro atoms. The number of alkyl halides is 3. The predicted octanol–water partition coefficient (Wildman–Crippen LogP) is 4.09. The summed E-state index contributed by atoms with van der Waals surface area (Å²) in [5.41, 5.74) is -0.0955. The van der Waals surface area contributed by atoms with Gasteiger partial charge in [-0.15, -0.1) is 6.58 Å². The van der Waals surface area contributed by atoms with E-state index in [1.807, 2.05) is 0 Å². The summed E-state index contributed by atoms with van der Waals surface area (Å²) in [5, 5.41) is 0. The van der Waals surface area contributed by atoms with Crippen LogP contribution < -0.4 is 0 Å². The third-order valence-corrected chi connectivity index (χ3v) is 2.76. The van der Waals surface area contributed by atoms with Crippen LogP contribution in [0.5, 0.6) is 0 Å². The van der Waals surface area contributed by atoms with Crippen molar-refractivity contribution in [2.75, 3.05) is 7.11 Å². The Morgan fingerprint density at radius 1 is 1.35 bits per heavy atom. The van der Waals surface area contributed by atoms with Crippen LogP contribution in [-0.4, -0.2) is 12.9 Å². The molecule has 0 unspecified atom stereocenters. The molecule has 1 aromatic rings. The average Bonchev–Trinajstić information content (AvgIpc) is 2.41. The minimum Gasteiger partial charge on any atom is -0.504 e. The fourth-order valence-corrected chi connectivity index (χ4v) is 1.69. The number of allylic oxidation sites excluding steroid dienone is 2. The van der Waals surface area contributed by atoms with Crippen LogP contribution in [0, 0.1) is 0 Å². The van der Waals surface area contributed by atoms with Gasteiger partial charge in [0.25, 0.3) is 0 Å². The van der Waals surface area contributed by atoms with Crippen molar-refractivity contribution in [3.8, 4) is 0 Å². The van der Waals surface area contributed by atoms with Gasteiger partial charge in [-0.05, 0) is 17.7 Å². The SMILES string of the molecule is C=C[C@@H](CC(=O)/C=C/OC)c1ccc(C(F)(F)F)cc1. The first-order valence-corrected chi connectivity index (χ1v) is 5.90. The minimum absolute atomic E-state index is 0.134. The van der Waals surface area contributed by atoms with E-state index in [4.69, 9.17) is 0 Å². The van der Waals surface area contributed by atoms with E-state index in [-0.39, 0.29) is 18.1 Å². The zero-order chi connectivity index (χ0) is 15.2. The highest BCUT2D eigenvalue weighted by molar-refractivity contribution is 5.90. The molecule has 108 valence electrons. The van der Waals surface area contributed by atoms with Crippen molar-refractivity contribution in [1.29, 1.82) is 0 Å². The van der Waals surface area contributed by atoms with E-state index in [9.17, 15) is 18.0 Å². The first-order valence-electron chi connectivity index (χ1n) is 5.90. The van der Waals surface area contributed by atoms with Crippen LogP contribution in [0.2, 0.25) is 0 Å². The van der Waals surface area contributed by atoms with Crippen LogP contribution in [0.1, 0.15) is 23.5 Å². The average molecular weight is 284 g/mol. The van der Waals surface area contributed by atoms with E-state index in [1.54, 1.807) is 6.08 Å². The molecule has 2 nitrogen and oxygen atoms in total. The summed E-state index contributed by atoms with van der Waals surface area (Å²) in [6.07, 6.45) is -0.148. The summed E-state index contributed by atoms with van der Waals surface area (Å²) < 4.78 is 42.0. The van der Waals surface area contributed by atoms with Crippen molar-refractivity contribution >= 4 is 5.78 Å². The van der Waals surface area contributed by atoms with Gasteiger partial charge < -0.3 is 4.74 Å². The number of methoxy groups -OCH3 is 1. The maximum atomic E-state index is 12.5. The summed E-state index contributed by atoms with van der Waals surface area (Å²) in [7, 11) is 1.42. The highest BCUT2D eigenvalue weighted by Crippen LogP contribution is 2.31. The Morgan fingerprint density at radius 2 is 1.95 bits per heavy atom. The minimum atomic E-state index is -4.36. The van der Waals surface area contributed by atoms with Crippen LogP contribution in [0.15, 0.2) is 49.3 Å². The molecule has 0 saturated heterocycles. The summed E-state index contributed by atoms with van der Waals surface area (Å²) in [6, 6.07) is 4.73. The van der Waals surface area contributed by atoms with E-state index in [1.165, 1.54) is 31.6 Å². The van der Waals surface area contributed by atoms with Gasteiger partial charge in [0.15, 0.2) is 5.78 Å². The molecule has 0 aliphatic carbocycles. The van der Waals surface area contributed by atoms with Crippen molar-refractivity contribution in [2.45, 2.75) is 18.5 Å². The van der Waals surface area contributed by atoms with Crippen LogP contribution in [0.4, 0.5) is 13.2 Å². The highest BCUT2D eigenvalue weighted by Gasteiger charge is 2.30. The van der Waals surface area contributed by atoms with Gasteiger partial charge in [-0.1, -0.05) is 18.2 Å². The molecule has 0 bridgehead atoms. The molecule has 0 radical (unpaired) electrons. The van der Waals surface area contributed by atoms with E-state index >= 15 is 0 Å². The van der Waals surface area contributed by atoms with Crippen molar-refractivity contribution in [1.82, 2.24) is 0 Å². The molecule has 5 heteroatoms. The quantitative estimate of drug-likeness (QED) is 0.447. The second kappa shape index (κ2) is 6.93. The van der Waals surface area contributed by atoms with E-state index < -0.39 is 11.7 Å². The van der Waals surface area contributed by atoms with Gasteiger partial charge in [0.2, 0.25) is 0 Å². The zero-order valence-electron chi connectivity index (χ0n) is 11.0. The molecule has 0 N–H and O–H groups in total. The number of benzene rings is 1. The predicted molar refractivity (Wildman–Crippen MR) is 70.2 cm³/mol. The molecule has 0 amide bonds. The van der Waals surface area contributed by atoms with Crippen molar-refractivity contribution in [3.63, 3.8) is 0 Å². The Bertz CT molecular complexity index is 487. The van der Waals surface area contributed by atoms with E-state index in [0.29, 0.717) is 5.56 Å². The van der Waals surface area contributed by atoms with Crippen molar-refractivity contribution in [2.24, 2.45) is 0 Å². The lowest BCUT2D eigenvalue weighted by molar-refractivity contribution is -0.137. The van der Waals surface area contributed by atoms with Gasteiger partial charge >= 0.3 is 6.18 Å². The number of carbonyl (C=O) groups is 1. The lowest BCUT2D eigenvalue weighted by Gasteiger charge is -2.13. The van der Waals surface area contributed by atoms with Crippen LogP contribution >= 0.6 is 0 Å². The van der Waals surface area contributed by atoms with Gasteiger partial charge in [-0.25, -0.2) is 0 Å². The van der Waals surface area contributed by atoms with Gasteiger partial charge in [0, 0.05) is 18.4 Å². The molecule has 0 aromatic heterocycles. The first-order chi connectivity index (χ1) is 9.38. The second-order valence-electron chi connectivity index (χ2n) is 4.17. The maximum Gasteiger partial charge on any atom is 0.416 e. The molecule has 0 aliphatic heterocycles. The molecule has 0 aliphatic rings. The van der Waals surface area contributed by atoms with Crippen LogP contribution in [0.3, 0.4) is 0 Å². The van der Waals surface area contributed by atoms with E-state index in [0.717, 1.165) is 12.1 Å². The maximum absolute atomic E-state index is 12.5. The third kappa shape index (κ3) is 4.57. The second-order valence-corrected chi connectivity index (χ2v) is 4.17. The molecule has 20 heavy (non-hydrogen) atoms. The molecule has 0 saturated carbocycles.